The van der Waals surface area contributed by atoms with Gasteiger partial charge in [0.15, 0.2) is 5.78 Å². The zero-order valence-corrected chi connectivity index (χ0v) is 10.6. The molecule has 0 aromatic heterocycles. The van der Waals surface area contributed by atoms with E-state index in [2.05, 4.69) is 9.47 Å². The summed E-state index contributed by atoms with van der Waals surface area (Å²) >= 11 is 0. The summed E-state index contributed by atoms with van der Waals surface area (Å²) in [5.41, 5.74) is 0. The fourth-order valence-corrected chi connectivity index (χ4v) is 0.948. The molecule has 0 radical (unpaired) electrons. The first-order valence-corrected chi connectivity index (χ1v) is 5.31. The summed E-state index contributed by atoms with van der Waals surface area (Å²) in [6.07, 6.45) is 1.79. The van der Waals surface area contributed by atoms with Crippen LogP contribution in [-0.4, -0.2) is 37.2 Å². The van der Waals surface area contributed by atoms with E-state index >= 15 is 0 Å². The van der Waals surface area contributed by atoms with Crippen LogP contribution in [0.2, 0.25) is 0 Å². The molecule has 18 heavy (non-hydrogen) atoms. The van der Waals surface area contributed by atoms with Crippen LogP contribution in [-0.2, 0) is 28.7 Å². The summed E-state index contributed by atoms with van der Waals surface area (Å²) < 4.78 is 8.85. The summed E-state index contributed by atoms with van der Waals surface area (Å²) in [7, 11) is 1.17. The molecule has 6 heteroatoms. The Labute approximate surface area is 105 Å². The standard InChI is InChI=1S/C12H16O6/c1-8(9(2)13)6-10(14)7-18-12(16)5-4-11(15)17-3/h4-5,8H,6-7H2,1-3H3/b5-4+. The van der Waals surface area contributed by atoms with Gasteiger partial charge in [0, 0.05) is 24.5 Å². The molecular formula is C12H16O6. The molecule has 1 unspecified atom stereocenters. The topological polar surface area (TPSA) is 86.7 Å². The highest BCUT2D eigenvalue weighted by molar-refractivity contribution is 5.93. The van der Waals surface area contributed by atoms with Crippen molar-refractivity contribution >= 4 is 23.5 Å². The van der Waals surface area contributed by atoms with Crippen molar-refractivity contribution in [3.63, 3.8) is 0 Å². The van der Waals surface area contributed by atoms with E-state index in [0.29, 0.717) is 0 Å². The molecule has 0 amide bonds. The number of esters is 2. The Kier molecular flexibility index (Phi) is 7.26. The summed E-state index contributed by atoms with van der Waals surface area (Å²) in [5, 5.41) is 0. The Morgan fingerprint density at radius 3 is 2.17 bits per heavy atom. The van der Waals surface area contributed by atoms with E-state index in [1.165, 1.54) is 14.0 Å². The van der Waals surface area contributed by atoms with Gasteiger partial charge in [0.05, 0.1) is 7.11 Å². The van der Waals surface area contributed by atoms with Crippen molar-refractivity contribution in [2.75, 3.05) is 13.7 Å². The van der Waals surface area contributed by atoms with Crippen LogP contribution in [0.25, 0.3) is 0 Å². The van der Waals surface area contributed by atoms with Gasteiger partial charge in [-0.25, -0.2) is 9.59 Å². The number of rotatable bonds is 7. The molecule has 0 rings (SSSR count). The normalized spacial score (nSPS) is 11.9. The van der Waals surface area contributed by atoms with E-state index in [0.717, 1.165) is 12.2 Å². The Balaban J connectivity index is 3.99. The minimum absolute atomic E-state index is 0.0311. The highest BCUT2D eigenvalue weighted by Crippen LogP contribution is 2.03. The van der Waals surface area contributed by atoms with Crippen LogP contribution in [0, 0.1) is 5.92 Å². The molecular weight excluding hydrogens is 240 g/mol. The van der Waals surface area contributed by atoms with Crippen LogP contribution < -0.4 is 0 Å². The molecule has 0 aromatic carbocycles. The number of hydrogen-bond acceptors (Lipinski definition) is 6. The van der Waals surface area contributed by atoms with Crippen molar-refractivity contribution in [1.29, 1.82) is 0 Å². The third-order valence-corrected chi connectivity index (χ3v) is 2.16. The SMILES string of the molecule is COC(=O)/C=C/C(=O)OCC(=O)CC(C)C(C)=O. The number of methoxy groups -OCH3 is 1. The Hall–Kier alpha value is -1.98. The van der Waals surface area contributed by atoms with E-state index in [1.807, 2.05) is 0 Å². The van der Waals surface area contributed by atoms with E-state index in [4.69, 9.17) is 0 Å². The monoisotopic (exact) mass is 256 g/mol. The van der Waals surface area contributed by atoms with Gasteiger partial charge in [-0.05, 0) is 6.92 Å². The van der Waals surface area contributed by atoms with Gasteiger partial charge in [-0.3, -0.25) is 9.59 Å². The second kappa shape index (κ2) is 8.16. The van der Waals surface area contributed by atoms with Crippen molar-refractivity contribution in [2.24, 2.45) is 5.92 Å². The van der Waals surface area contributed by atoms with Crippen LogP contribution in [0.15, 0.2) is 12.2 Å². The maximum absolute atomic E-state index is 11.3. The number of ether oxygens (including phenoxy) is 2. The number of carbonyl (C=O) groups excluding carboxylic acids is 4. The molecule has 0 saturated carbocycles. The lowest BCUT2D eigenvalue weighted by Crippen LogP contribution is -2.18. The van der Waals surface area contributed by atoms with E-state index in [9.17, 15) is 19.2 Å². The molecule has 0 aliphatic heterocycles. The molecule has 0 heterocycles. The summed E-state index contributed by atoms with van der Waals surface area (Å²) in [6.45, 7) is 2.60. The van der Waals surface area contributed by atoms with Gasteiger partial charge in [-0.2, -0.15) is 0 Å². The van der Waals surface area contributed by atoms with Crippen molar-refractivity contribution in [3.8, 4) is 0 Å². The van der Waals surface area contributed by atoms with E-state index in [1.54, 1.807) is 6.92 Å². The van der Waals surface area contributed by atoms with Gasteiger partial charge in [0.25, 0.3) is 0 Å². The molecule has 0 aliphatic rings. The fourth-order valence-electron chi connectivity index (χ4n) is 0.948. The highest BCUT2D eigenvalue weighted by Gasteiger charge is 2.14. The van der Waals surface area contributed by atoms with E-state index in [-0.39, 0.29) is 23.9 Å². The average molecular weight is 256 g/mol. The van der Waals surface area contributed by atoms with Crippen LogP contribution in [0.3, 0.4) is 0 Å². The van der Waals surface area contributed by atoms with Gasteiger partial charge in [-0.15, -0.1) is 0 Å². The second-order valence-corrected chi connectivity index (χ2v) is 3.72. The zero-order chi connectivity index (χ0) is 14.1. The van der Waals surface area contributed by atoms with Crippen molar-refractivity contribution in [2.45, 2.75) is 20.3 Å². The third-order valence-electron chi connectivity index (χ3n) is 2.16. The maximum atomic E-state index is 11.3. The Bertz CT molecular complexity index is 369. The molecule has 0 saturated heterocycles. The molecule has 0 fully saturated rings. The second-order valence-electron chi connectivity index (χ2n) is 3.72. The van der Waals surface area contributed by atoms with Crippen LogP contribution in [0.1, 0.15) is 20.3 Å². The number of carbonyl (C=O) groups is 4. The molecule has 100 valence electrons. The van der Waals surface area contributed by atoms with Crippen molar-refractivity contribution in [3.05, 3.63) is 12.2 Å². The smallest absolute Gasteiger partial charge is 0.331 e. The molecule has 0 N–H and O–H groups in total. The van der Waals surface area contributed by atoms with Crippen molar-refractivity contribution in [1.82, 2.24) is 0 Å². The van der Waals surface area contributed by atoms with Gasteiger partial charge in [0.1, 0.15) is 12.4 Å². The molecule has 0 bridgehead atoms. The maximum Gasteiger partial charge on any atom is 0.331 e. The Morgan fingerprint density at radius 1 is 1.11 bits per heavy atom. The van der Waals surface area contributed by atoms with Crippen LogP contribution in [0.4, 0.5) is 0 Å². The molecule has 1 atom stereocenters. The van der Waals surface area contributed by atoms with Gasteiger partial charge < -0.3 is 9.47 Å². The van der Waals surface area contributed by atoms with Crippen LogP contribution in [0.5, 0.6) is 0 Å². The third kappa shape index (κ3) is 7.32. The largest absolute Gasteiger partial charge is 0.466 e. The quantitative estimate of drug-likeness (QED) is 0.485. The first-order chi connectivity index (χ1) is 8.36. The summed E-state index contributed by atoms with van der Waals surface area (Å²) in [5.74, 6) is -2.34. The minimum atomic E-state index is -0.816. The summed E-state index contributed by atoms with van der Waals surface area (Å²) in [6, 6.07) is 0. The molecule has 6 nitrogen and oxygen atoms in total. The first-order valence-electron chi connectivity index (χ1n) is 5.31. The number of ketones is 2. The van der Waals surface area contributed by atoms with Crippen LogP contribution >= 0.6 is 0 Å². The van der Waals surface area contributed by atoms with Gasteiger partial charge >= 0.3 is 11.9 Å². The molecule has 0 spiro atoms. The van der Waals surface area contributed by atoms with E-state index < -0.39 is 18.5 Å². The lowest BCUT2D eigenvalue weighted by atomic mass is 10.0. The number of hydrogen-bond donors (Lipinski definition) is 0. The predicted molar refractivity (Wildman–Crippen MR) is 61.6 cm³/mol. The fraction of sp³-hybridized carbons (Fsp3) is 0.500. The van der Waals surface area contributed by atoms with Gasteiger partial charge in [0.2, 0.25) is 0 Å². The van der Waals surface area contributed by atoms with Gasteiger partial charge in [-0.1, -0.05) is 6.92 Å². The molecule has 0 aliphatic carbocycles. The first kappa shape index (κ1) is 16.0. The lowest BCUT2D eigenvalue weighted by molar-refractivity contribution is -0.144. The summed E-state index contributed by atoms with van der Waals surface area (Å²) in [4.78, 5) is 43.9. The lowest BCUT2D eigenvalue weighted by Gasteiger charge is -2.06. The average Bonchev–Trinajstić information content (AvgIpc) is 2.32. The van der Waals surface area contributed by atoms with Crippen molar-refractivity contribution < 1.29 is 28.7 Å². The zero-order valence-electron chi connectivity index (χ0n) is 10.6. The molecule has 0 aromatic rings. The highest BCUT2D eigenvalue weighted by atomic mass is 16.5. The predicted octanol–water partition coefficient (Wildman–Crippen LogP) is 0.443. The number of Topliss-reactive ketones (excluding diaryl/α,β-unsaturated/α-hetero) is 2. The Morgan fingerprint density at radius 2 is 1.67 bits per heavy atom. The minimum Gasteiger partial charge on any atom is -0.466 e.